The lowest BCUT2D eigenvalue weighted by Crippen LogP contribution is -2.17. The Balaban J connectivity index is 2.43. The molecule has 1 heterocycles. The Bertz CT molecular complexity index is 630. The average Bonchev–Trinajstić information content (AvgIpc) is 2.65. The number of hydrogen-bond donors (Lipinski definition) is 2. The number of thioether (sulfide) groups is 1. The molecule has 0 fully saturated rings. The first-order valence-electron chi connectivity index (χ1n) is 5.58. The minimum Gasteiger partial charge on any atom is -0.478 e. The van der Waals surface area contributed by atoms with Crippen LogP contribution in [0.15, 0.2) is 23.0 Å². The number of rotatable bonds is 5. The summed E-state index contributed by atoms with van der Waals surface area (Å²) in [7, 11) is 0. The predicted octanol–water partition coefficient (Wildman–Crippen LogP) is 1.78. The molecule has 0 aliphatic heterocycles. The normalized spacial score (nSPS) is 10.9. The van der Waals surface area contributed by atoms with Crippen LogP contribution in [0.1, 0.15) is 16.8 Å². The van der Waals surface area contributed by atoms with Gasteiger partial charge >= 0.3 is 11.7 Å². The molecule has 0 unspecified atom stereocenters. The molecule has 5 nitrogen and oxygen atoms in total. The third-order valence-corrected chi connectivity index (χ3v) is 3.45. The van der Waals surface area contributed by atoms with E-state index in [1.807, 2.05) is 6.26 Å². The quantitative estimate of drug-likeness (QED) is 0.809. The van der Waals surface area contributed by atoms with Gasteiger partial charge in [0.15, 0.2) is 0 Å². The van der Waals surface area contributed by atoms with Crippen LogP contribution in [-0.4, -0.2) is 32.6 Å². The van der Waals surface area contributed by atoms with E-state index in [2.05, 4.69) is 4.98 Å². The molecule has 2 aromatic rings. The van der Waals surface area contributed by atoms with Crippen LogP contribution in [0.3, 0.4) is 0 Å². The molecule has 0 aliphatic carbocycles. The molecule has 1 aromatic carbocycles. The fourth-order valence-electron chi connectivity index (χ4n) is 1.87. The molecule has 0 radical (unpaired) electrons. The Morgan fingerprint density at radius 2 is 2.28 bits per heavy atom. The number of aromatic nitrogens is 2. The molecule has 0 aliphatic rings. The largest absolute Gasteiger partial charge is 0.478 e. The van der Waals surface area contributed by atoms with E-state index >= 15 is 0 Å². The predicted molar refractivity (Wildman–Crippen MR) is 72.5 cm³/mol. The first-order chi connectivity index (χ1) is 8.63. The number of nitrogens with zero attached hydrogens (tertiary/aromatic N) is 1. The van der Waals surface area contributed by atoms with Crippen LogP contribution in [0.5, 0.6) is 0 Å². The van der Waals surface area contributed by atoms with Gasteiger partial charge in [0.05, 0.1) is 16.6 Å². The number of carboxylic acids is 1. The van der Waals surface area contributed by atoms with Gasteiger partial charge in [0.25, 0.3) is 0 Å². The summed E-state index contributed by atoms with van der Waals surface area (Å²) >= 11 is 1.72. The number of aryl methyl sites for hydroxylation is 1. The molecular formula is C12H14N2O3S. The Morgan fingerprint density at radius 3 is 2.94 bits per heavy atom. The van der Waals surface area contributed by atoms with Gasteiger partial charge in [-0.25, -0.2) is 9.59 Å². The van der Waals surface area contributed by atoms with Gasteiger partial charge in [0.1, 0.15) is 0 Å². The van der Waals surface area contributed by atoms with Crippen LogP contribution in [0.2, 0.25) is 0 Å². The minimum atomic E-state index is -0.985. The zero-order valence-corrected chi connectivity index (χ0v) is 10.8. The number of fused-ring (bicyclic) bond motifs is 1. The molecule has 2 rings (SSSR count). The molecule has 0 saturated heterocycles. The first kappa shape index (κ1) is 12.8. The van der Waals surface area contributed by atoms with Crippen molar-refractivity contribution in [2.75, 3.05) is 12.0 Å². The number of carboxylic acid groups (broad SMARTS) is 1. The van der Waals surface area contributed by atoms with Gasteiger partial charge in [-0.3, -0.25) is 4.57 Å². The van der Waals surface area contributed by atoms with Gasteiger partial charge in [-0.15, -0.1) is 0 Å². The second kappa shape index (κ2) is 5.30. The van der Waals surface area contributed by atoms with Crippen molar-refractivity contribution in [2.45, 2.75) is 13.0 Å². The Kier molecular flexibility index (Phi) is 3.76. The molecule has 96 valence electrons. The Hall–Kier alpha value is -1.69. The van der Waals surface area contributed by atoms with Crippen molar-refractivity contribution in [1.29, 1.82) is 0 Å². The molecule has 1 aromatic heterocycles. The van der Waals surface area contributed by atoms with Crippen molar-refractivity contribution in [3.05, 3.63) is 34.2 Å². The topological polar surface area (TPSA) is 75.1 Å². The second-order valence-corrected chi connectivity index (χ2v) is 4.95. The van der Waals surface area contributed by atoms with E-state index in [1.165, 1.54) is 12.1 Å². The summed E-state index contributed by atoms with van der Waals surface area (Å²) in [5.41, 5.74) is 1.34. The maximum absolute atomic E-state index is 11.8. The molecular weight excluding hydrogens is 252 g/mol. The van der Waals surface area contributed by atoms with E-state index in [9.17, 15) is 9.59 Å². The fourth-order valence-corrected chi connectivity index (χ4v) is 2.29. The molecule has 6 heteroatoms. The second-order valence-electron chi connectivity index (χ2n) is 3.97. The lowest BCUT2D eigenvalue weighted by atomic mass is 10.2. The van der Waals surface area contributed by atoms with Gasteiger partial charge < -0.3 is 10.1 Å². The highest BCUT2D eigenvalue weighted by Gasteiger charge is 2.09. The molecule has 18 heavy (non-hydrogen) atoms. The van der Waals surface area contributed by atoms with E-state index < -0.39 is 5.97 Å². The molecule has 0 bridgehead atoms. The van der Waals surface area contributed by atoms with E-state index in [4.69, 9.17) is 5.11 Å². The first-order valence-corrected chi connectivity index (χ1v) is 6.97. The summed E-state index contributed by atoms with van der Waals surface area (Å²) in [6.07, 6.45) is 2.89. The van der Waals surface area contributed by atoms with Crippen molar-refractivity contribution < 1.29 is 9.90 Å². The van der Waals surface area contributed by atoms with E-state index in [-0.39, 0.29) is 11.3 Å². The van der Waals surface area contributed by atoms with E-state index in [0.717, 1.165) is 12.2 Å². The highest BCUT2D eigenvalue weighted by molar-refractivity contribution is 7.98. The van der Waals surface area contributed by atoms with E-state index in [1.54, 1.807) is 22.4 Å². The summed E-state index contributed by atoms with van der Waals surface area (Å²) in [4.78, 5) is 25.4. The minimum absolute atomic E-state index is 0.186. The zero-order valence-electron chi connectivity index (χ0n) is 9.97. The lowest BCUT2D eigenvalue weighted by molar-refractivity contribution is 0.0697. The number of aromatic carboxylic acids is 1. The molecule has 0 atom stereocenters. The number of imidazole rings is 1. The van der Waals surface area contributed by atoms with Crippen LogP contribution in [-0.2, 0) is 6.54 Å². The number of benzene rings is 1. The summed E-state index contributed by atoms with van der Waals surface area (Å²) in [6.45, 7) is 0.600. The number of H-pyrrole nitrogens is 1. The third kappa shape index (κ3) is 2.43. The van der Waals surface area contributed by atoms with Crippen molar-refractivity contribution in [3.63, 3.8) is 0 Å². The monoisotopic (exact) mass is 266 g/mol. The third-order valence-electron chi connectivity index (χ3n) is 2.75. The molecule has 0 amide bonds. The van der Waals surface area contributed by atoms with Crippen LogP contribution < -0.4 is 5.69 Å². The van der Waals surface area contributed by atoms with E-state index in [0.29, 0.717) is 17.6 Å². The van der Waals surface area contributed by atoms with Gasteiger partial charge in [-0.1, -0.05) is 0 Å². The average molecular weight is 266 g/mol. The fraction of sp³-hybridized carbons (Fsp3) is 0.333. The highest BCUT2D eigenvalue weighted by Crippen LogP contribution is 2.13. The maximum atomic E-state index is 11.8. The summed E-state index contributed by atoms with van der Waals surface area (Å²) in [6, 6.07) is 4.66. The van der Waals surface area contributed by atoms with Gasteiger partial charge in [-0.05, 0) is 36.6 Å². The van der Waals surface area contributed by atoms with Gasteiger partial charge in [0.2, 0.25) is 0 Å². The van der Waals surface area contributed by atoms with Crippen LogP contribution >= 0.6 is 11.8 Å². The SMILES string of the molecule is CSCCCn1c(=O)[nH]c2ccc(C(=O)O)cc21. The van der Waals surface area contributed by atoms with Crippen LogP contribution in [0, 0.1) is 0 Å². The van der Waals surface area contributed by atoms with Gasteiger partial charge in [0, 0.05) is 6.54 Å². The smallest absolute Gasteiger partial charge is 0.335 e. The number of nitrogens with one attached hydrogen (secondary N) is 1. The zero-order chi connectivity index (χ0) is 13.1. The Labute approximate surface area is 108 Å². The Morgan fingerprint density at radius 1 is 1.50 bits per heavy atom. The number of hydrogen-bond acceptors (Lipinski definition) is 3. The summed E-state index contributed by atoms with van der Waals surface area (Å²) in [5.74, 6) is -0.0150. The summed E-state index contributed by atoms with van der Waals surface area (Å²) in [5, 5.41) is 8.96. The number of aromatic amines is 1. The number of carbonyl (C=O) groups is 1. The summed E-state index contributed by atoms with van der Waals surface area (Å²) < 4.78 is 1.60. The van der Waals surface area contributed by atoms with Gasteiger partial charge in [-0.2, -0.15) is 11.8 Å². The molecule has 0 spiro atoms. The standard InChI is InChI=1S/C12H14N2O3S/c1-18-6-2-5-14-10-7-8(11(15)16)3-4-9(10)13-12(14)17/h3-4,7H,2,5-6H2,1H3,(H,13,17)(H,15,16). The van der Waals surface area contributed by atoms with Crippen molar-refractivity contribution in [2.24, 2.45) is 0 Å². The van der Waals surface area contributed by atoms with Crippen molar-refractivity contribution in [3.8, 4) is 0 Å². The highest BCUT2D eigenvalue weighted by atomic mass is 32.2. The lowest BCUT2D eigenvalue weighted by Gasteiger charge is -2.03. The van der Waals surface area contributed by atoms with Crippen molar-refractivity contribution >= 4 is 28.8 Å². The van der Waals surface area contributed by atoms with Crippen molar-refractivity contribution in [1.82, 2.24) is 9.55 Å². The van der Waals surface area contributed by atoms with Crippen LogP contribution in [0.4, 0.5) is 0 Å². The van der Waals surface area contributed by atoms with Crippen LogP contribution in [0.25, 0.3) is 11.0 Å². The molecule has 0 saturated carbocycles. The molecule has 2 N–H and O–H groups in total. The maximum Gasteiger partial charge on any atom is 0.335 e.